The van der Waals surface area contributed by atoms with Gasteiger partial charge < -0.3 is 12.3 Å². The third-order valence-corrected chi connectivity index (χ3v) is 0. The Labute approximate surface area is 71.7 Å². The molecule has 0 aliphatic heterocycles. The Morgan fingerprint density at radius 1 is 0.833 bits per heavy atom. The molecule has 4 heteroatoms. The topological polar surface area (TPSA) is 70.0 Å². The smallest absolute Gasteiger partial charge is 0.344 e. The van der Waals surface area contributed by atoms with Crippen LogP contribution >= 0.6 is 0 Å². The molecule has 1 radical (unpaired) electrons. The van der Waals surface area contributed by atoms with Gasteiger partial charge in [0.2, 0.25) is 0 Å². The summed E-state index contributed by atoms with van der Waals surface area (Å²) >= 11 is 0. The third kappa shape index (κ3) is 65.0. The Morgan fingerprint density at radius 2 is 0.833 bits per heavy atom. The van der Waals surface area contributed by atoms with E-state index < -0.39 is 0 Å². The molecule has 2 nitrogen and oxygen atoms in total. The fraction of sp³-hybridized carbons (Fsp3) is 0. The van der Waals surface area contributed by atoms with Gasteiger partial charge >= 0.3 is 46.6 Å². The molecule has 0 saturated heterocycles. The molecule has 0 rings (SSSR count). The predicted molar refractivity (Wildman–Crippen MR) is 21.3 cm³/mol. The Balaban J connectivity index is -0.000000000833. The van der Waals surface area contributed by atoms with Crippen molar-refractivity contribution in [2.45, 2.75) is 0 Å². The number of hydrogen-bond acceptors (Lipinski definition) is 2. The molecule has 0 aromatic rings. The van der Waals surface area contributed by atoms with Crippen LogP contribution in [0.2, 0.25) is 0 Å². The van der Waals surface area contributed by atoms with Gasteiger partial charge in [-0.25, -0.2) is 0 Å². The zero-order chi connectivity index (χ0) is 2.00. The second-order valence-corrected chi connectivity index (χ2v) is 0. The zero-order valence-corrected chi connectivity index (χ0v) is 7.39. The predicted octanol–water partition coefficient (Wildman–Crippen LogP) is -1.87. The quantitative estimate of drug-likeness (QED) is 0.305. The summed E-state index contributed by atoms with van der Waals surface area (Å²) in [6.07, 6.45) is 0. The van der Waals surface area contributed by atoms with Crippen LogP contribution in [0.1, 0.15) is 0 Å². The fourth-order valence-electron chi connectivity index (χ4n) is 0. The van der Waals surface area contributed by atoms with E-state index in [2.05, 4.69) is 13.2 Å². The van der Waals surface area contributed by atoms with Crippen LogP contribution in [0.5, 0.6) is 0 Å². The average molecular weight is 140 g/mol. The molecule has 0 bridgehead atoms. The second kappa shape index (κ2) is 119. The van der Waals surface area contributed by atoms with Crippen molar-refractivity contribution in [3.63, 3.8) is 0 Å². The molecule has 0 aliphatic carbocycles. The maximum atomic E-state index is 3.00. The van der Waals surface area contributed by atoms with Gasteiger partial charge in [0.25, 0.3) is 0 Å². The van der Waals surface area contributed by atoms with Crippen LogP contribution in [0.25, 0.3) is 0 Å². The molecular weight excluding hydrogens is 130 g/mol. The van der Waals surface area contributed by atoms with E-state index in [1.807, 2.05) is 0 Å². The van der Waals surface area contributed by atoms with Gasteiger partial charge in [-0.15, -0.1) is 13.2 Å². The molecule has 0 saturated carbocycles. The van der Waals surface area contributed by atoms with Gasteiger partial charge in [-0.05, 0) is 0 Å². The summed E-state index contributed by atoms with van der Waals surface area (Å²) in [6, 6.07) is 0. The molecule has 0 aromatic carbocycles. The Morgan fingerprint density at radius 3 is 0.833 bits per heavy atom. The average Bonchev–Trinajstić information content (AvgIpc) is 1.00. The molecule has 0 heterocycles. The first-order chi connectivity index (χ1) is 1.00. The SMILES string of the molecule is C=C.N.N.[Mn+2].[Na+]. The van der Waals surface area contributed by atoms with E-state index in [4.69, 9.17) is 0 Å². The Kier molecular flexibility index (Phi) is 1150. The van der Waals surface area contributed by atoms with Gasteiger partial charge in [-0.1, -0.05) is 0 Å². The number of rotatable bonds is 0. The monoisotopic (exact) mass is 140 g/mol. The molecule has 6 heavy (non-hydrogen) atoms. The molecule has 0 aromatic heterocycles. The van der Waals surface area contributed by atoms with E-state index in [0.29, 0.717) is 0 Å². The first-order valence-corrected chi connectivity index (χ1v) is 0.500. The van der Waals surface area contributed by atoms with Crippen molar-refractivity contribution < 1.29 is 46.6 Å². The van der Waals surface area contributed by atoms with Gasteiger partial charge in [-0.3, -0.25) is 0 Å². The van der Waals surface area contributed by atoms with Crippen molar-refractivity contribution >= 4 is 0 Å². The second-order valence-electron chi connectivity index (χ2n) is 0. The van der Waals surface area contributed by atoms with Crippen LogP contribution in [-0.2, 0) is 17.1 Å². The van der Waals surface area contributed by atoms with E-state index >= 15 is 0 Å². The van der Waals surface area contributed by atoms with Gasteiger partial charge in [0.1, 0.15) is 0 Å². The molecule has 6 N–H and O–H groups in total. The molecule has 0 aliphatic rings. The molecule has 0 amide bonds. The summed E-state index contributed by atoms with van der Waals surface area (Å²) in [4.78, 5) is 0. The summed E-state index contributed by atoms with van der Waals surface area (Å²) in [5.41, 5.74) is 0. The summed E-state index contributed by atoms with van der Waals surface area (Å²) < 4.78 is 0. The van der Waals surface area contributed by atoms with Gasteiger partial charge in [-0.2, -0.15) is 0 Å². The van der Waals surface area contributed by atoms with E-state index in [1.54, 1.807) is 0 Å². The molecule has 0 fully saturated rings. The van der Waals surface area contributed by atoms with Crippen LogP contribution in [-0.4, -0.2) is 0 Å². The van der Waals surface area contributed by atoms with Crippen molar-refractivity contribution in [2.24, 2.45) is 0 Å². The molecule has 0 spiro atoms. The first-order valence-electron chi connectivity index (χ1n) is 0.500. The van der Waals surface area contributed by atoms with Crippen LogP contribution in [0.15, 0.2) is 13.2 Å². The van der Waals surface area contributed by atoms with Crippen LogP contribution in [0, 0.1) is 0 Å². The first kappa shape index (κ1) is 57.7. The van der Waals surface area contributed by atoms with Crippen molar-refractivity contribution in [1.82, 2.24) is 12.3 Å². The molecular formula is C2H10MnN2Na+3. The van der Waals surface area contributed by atoms with Crippen LogP contribution in [0.3, 0.4) is 0 Å². The maximum Gasteiger partial charge on any atom is 2.00 e. The van der Waals surface area contributed by atoms with E-state index in [1.165, 1.54) is 0 Å². The summed E-state index contributed by atoms with van der Waals surface area (Å²) in [5, 5.41) is 0. The Hall–Kier alpha value is 1.18. The van der Waals surface area contributed by atoms with Crippen molar-refractivity contribution in [3.8, 4) is 0 Å². The minimum atomic E-state index is 0. The number of hydrogen-bond donors (Lipinski definition) is 2. The molecule has 0 atom stereocenters. The third-order valence-electron chi connectivity index (χ3n) is 0. The minimum Gasteiger partial charge on any atom is -0.344 e. The van der Waals surface area contributed by atoms with Gasteiger partial charge in [0.05, 0.1) is 0 Å². The molecule has 33 valence electrons. The summed E-state index contributed by atoms with van der Waals surface area (Å²) in [6.45, 7) is 6.00. The van der Waals surface area contributed by atoms with Crippen molar-refractivity contribution in [2.75, 3.05) is 0 Å². The minimum absolute atomic E-state index is 0. The summed E-state index contributed by atoms with van der Waals surface area (Å²) in [5.74, 6) is 0. The van der Waals surface area contributed by atoms with Gasteiger partial charge in [0, 0.05) is 0 Å². The van der Waals surface area contributed by atoms with E-state index in [-0.39, 0.29) is 58.9 Å². The standard InChI is InChI=1S/C2H4.Mn.2H3N.Na/c1-2;;;;/h1-2H2;;2*1H3;/q;+2;;;+1. The van der Waals surface area contributed by atoms with E-state index in [9.17, 15) is 0 Å². The van der Waals surface area contributed by atoms with Gasteiger partial charge in [0.15, 0.2) is 0 Å². The Bertz CT molecular complexity index is 11.5. The largest absolute Gasteiger partial charge is 2.00 e. The molecule has 0 unspecified atom stereocenters. The van der Waals surface area contributed by atoms with Crippen LogP contribution in [0.4, 0.5) is 0 Å². The van der Waals surface area contributed by atoms with Crippen molar-refractivity contribution in [1.29, 1.82) is 0 Å². The normalized spacial score (nSPS) is 0.667. The van der Waals surface area contributed by atoms with Crippen LogP contribution < -0.4 is 41.9 Å². The zero-order valence-electron chi connectivity index (χ0n) is 4.21. The summed E-state index contributed by atoms with van der Waals surface area (Å²) in [7, 11) is 0. The van der Waals surface area contributed by atoms with Crippen molar-refractivity contribution in [3.05, 3.63) is 13.2 Å². The maximum absolute atomic E-state index is 3.00. The fourth-order valence-corrected chi connectivity index (χ4v) is 0. The van der Waals surface area contributed by atoms with E-state index in [0.717, 1.165) is 0 Å².